The van der Waals surface area contributed by atoms with E-state index in [-0.39, 0.29) is 18.4 Å². The number of nitrogens with one attached hydrogen (secondary N) is 2. The summed E-state index contributed by atoms with van der Waals surface area (Å²) < 4.78 is 21.7. The van der Waals surface area contributed by atoms with E-state index >= 15 is 0 Å². The molecule has 2 aliphatic heterocycles. The Bertz CT molecular complexity index is 1090. The number of aromatic nitrogens is 1. The predicted molar refractivity (Wildman–Crippen MR) is 105 cm³/mol. The third-order valence-corrected chi connectivity index (χ3v) is 4.45. The van der Waals surface area contributed by atoms with Crippen LogP contribution in [0.1, 0.15) is 10.5 Å². The number of pyridine rings is 1. The molecule has 0 radical (unpaired) electrons. The van der Waals surface area contributed by atoms with Crippen LogP contribution in [0.4, 0.5) is 17.1 Å². The minimum Gasteiger partial charge on any atom is -0.486 e. The second-order valence-corrected chi connectivity index (χ2v) is 6.44. The van der Waals surface area contributed by atoms with E-state index in [0.717, 1.165) is 11.4 Å². The van der Waals surface area contributed by atoms with Crippen molar-refractivity contribution in [2.45, 2.75) is 0 Å². The lowest BCUT2D eigenvalue weighted by atomic mass is 10.2. The van der Waals surface area contributed by atoms with Gasteiger partial charge in [-0.3, -0.25) is 9.78 Å². The number of benzene rings is 2. The second-order valence-electron chi connectivity index (χ2n) is 6.44. The van der Waals surface area contributed by atoms with Crippen molar-refractivity contribution in [3.05, 3.63) is 60.4 Å². The van der Waals surface area contributed by atoms with Gasteiger partial charge in [0.15, 0.2) is 23.0 Å². The summed E-state index contributed by atoms with van der Waals surface area (Å²) in [5, 5.41) is 6.07. The first-order valence-electron chi connectivity index (χ1n) is 9.08. The summed E-state index contributed by atoms with van der Waals surface area (Å²) in [6.07, 6.45) is 1.58. The van der Waals surface area contributed by atoms with Crippen LogP contribution < -0.4 is 29.6 Å². The van der Waals surface area contributed by atoms with Crippen LogP contribution in [0.25, 0.3) is 0 Å². The molecule has 3 heterocycles. The van der Waals surface area contributed by atoms with E-state index < -0.39 is 0 Å². The summed E-state index contributed by atoms with van der Waals surface area (Å²) in [7, 11) is 0. The van der Waals surface area contributed by atoms with Gasteiger partial charge in [0, 0.05) is 35.4 Å². The first-order valence-corrected chi connectivity index (χ1v) is 9.08. The molecule has 0 aliphatic carbocycles. The highest BCUT2D eigenvalue weighted by molar-refractivity contribution is 6.03. The fraction of sp³-hybridized carbons (Fsp3) is 0.143. The van der Waals surface area contributed by atoms with Crippen molar-refractivity contribution in [1.82, 2.24) is 4.98 Å². The molecule has 29 heavy (non-hydrogen) atoms. The van der Waals surface area contributed by atoms with Crippen molar-refractivity contribution in [2.24, 2.45) is 0 Å². The van der Waals surface area contributed by atoms with Crippen molar-refractivity contribution >= 4 is 23.0 Å². The van der Waals surface area contributed by atoms with E-state index in [1.807, 2.05) is 18.2 Å². The Morgan fingerprint density at radius 3 is 2.31 bits per heavy atom. The number of carbonyl (C=O) groups is 1. The smallest absolute Gasteiger partial charge is 0.274 e. The van der Waals surface area contributed by atoms with E-state index in [0.29, 0.717) is 41.9 Å². The zero-order chi connectivity index (χ0) is 19.6. The van der Waals surface area contributed by atoms with Gasteiger partial charge in [0.2, 0.25) is 6.79 Å². The first kappa shape index (κ1) is 17.2. The van der Waals surface area contributed by atoms with Crippen LogP contribution in [0.15, 0.2) is 54.7 Å². The number of hydrogen-bond acceptors (Lipinski definition) is 7. The quantitative estimate of drug-likeness (QED) is 0.702. The number of ether oxygens (including phenoxy) is 4. The number of anilines is 3. The molecule has 146 valence electrons. The molecule has 0 bridgehead atoms. The topological polar surface area (TPSA) is 90.9 Å². The molecule has 2 N–H and O–H groups in total. The van der Waals surface area contributed by atoms with Crippen LogP contribution in [0.2, 0.25) is 0 Å². The SMILES string of the molecule is O=C(Nc1ccc2c(c1)OCCO2)c1cc(Nc2ccc3c(c2)OCO3)ccn1. The van der Waals surface area contributed by atoms with Crippen LogP contribution in [-0.4, -0.2) is 30.9 Å². The van der Waals surface area contributed by atoms with Crippen molar-refractivity contribution < 1.29 is 23.7 Å². The third-order valence-electron chi connectivity index (χ3n) is 4.45. The standard InChI is InChI=1S/C21H17N3O5/c25-21(24-14-2-3-17-19(11-14)27-8-7-26-17)16-9-15(5-6-22-16)23-13-1-4-18-20(10-13)29-12-28-18/h1-6,9-11H,7-8,12H2,(H,22,23)(H,24,25). The minimum absolute atomic E-state index is 0.220. The van der Waals surface area contributed by atoms with Crippen LogP contribution in [0.3, 0.4) is 0 Å². The maximum Gasteiger partial charge on any atom is 0.274 e. The van der Waals surface area contributed by atoms with Gasteiger partial charge >= 0.3 is 0 Å². The molecule has 1 amide bonds. The Balaban J connectivity index is 1.31. The molecule has 8 nitrogen and oxygen atoms in total. The number of amides is 1. The maximum atomic E-state index is 12.6. The Kier molecular flexibility index (Phi) is 4.28. The molecule has 8 heteroatoms. The van der Waals surface area contributed by atoms with Crippen LogP contribution >= 0.6 is 0 Å². The fourth-order valence-electron chi connectivity index (χ4n) is 3.09. The largest absolute Gasteiger partial charge is 0.486 e. The maximum absolute atomic E-state index is 12.6. The summed E-state index contributed by atoms with van der Waals surface area (Å²) in [5.74, 6) is 2.35. The highest BCUT2D eigenvalue weighted by atomic mass is 16.7. The van der Waals surface area contributed by atoms with Gasteiger partial charge in [-0.1, -0.05) is 0 Å². The average molecular weight is 391 g/mol. The van der Waals surface area contributed by atoms with Crippen molar-refractivity contribution in [1.29, 1.82) is 0 Å². The number of rotatable bonds is 4. The van der Waals surface area contributed by atoms with E-state index in [4.69, 9.17) is 18.9 Å². The van der Waals surface area contributed by atoms with E-state index in [2.05, 4.69) is 15.6 Å². The summed E-state index contributed by atoms with van der Waals surface area (Å²) in [6, 6.07) is 14.3. The molecule has 1 aromatic heterocycles. The molecule has 0 atom stereocenters. The van der Waals surface area contributed by atoms with E-state index in [1.165, 1.54) is 0 Å². The molecular formula is C21H17N3O5. The van der Waals surface area contributed by atoms with E-state index in [9.17, 15) is 4.79 Å². The van der Waals surface area contributed by atoms with Gasteiger partial charge in [-0.05, 0) is 36.4 Å². The van der Waals surface area contributed by atoms with Crippen molar-refractivity contribution in [2.75, 3.05) is 30.6 Å². The van der Waals surface area contributed by atoms with Crippen LogP contribution in [-0.2, 0) is 0 Å². The molecule has 3 aromatic rings. The molecule has 0 saturated carbocycles. The molecule has 0 spiro atoms. The van der Waals surface area contributed by atoms with Gasteiger partial charge < -0.3 is 29.6 Å². The Hall–Kier alpha value is -3.94. The summed E-state index contributed by atoms with van der Waals surface area (Å²) in [6.45, 7) is 1.23. The highest BCUT2D eigenvalue weighted by Gasteiger charge is 2.15. The summed E-state index contributed by atoms with van der Waals surface area (Å²) >= 11 is 0. The van der Waals surface area contributed by atoms with Gasteiger partial charge in [0.25, 0.3) is 5.91 Å². The fourth-order valence-corrected chi connectivity index (χ4v) is 3.09. The molecule has 2 aromatic carbocycles. The van der Waals surface area contributed by atoms with E-state index in [1.54, 1.807) is 36.5 Å². The monoisotopic (exact) mass is 391 g/mol. The van der Waals surface area contributed by atoms with Crippen molar-refractivity contribution in [3.63, 3.8) is 0 Å². The number of fused-ring (bicyclic) bond motifs is 2. The Morgan fingerprint density at radius 1 is 0.759 bits per heavy atom. The van der Waals surface area contributed by atoms with Crippen molar-refractivity contribution in [3.8, 4) is 23.0 Å². The third kappa shape index (κ3) is 3.60. The number of carbonyl (C=O) groups excluding carboxylic acids is 1. The molecular weight excluding hydrogens is 374 g/mol. The predicted octanol–water partition coefficient (Wildman–Crippen LogP) is 3.58. The normalized spacial score (nSPS) is 13.7. The molecule has 0 saturated heterocycles. The second kappa shape index (κ2) is 7.23. The summed E-state index contributed by atoms with van der Waals surface area (Å²) in [5.41, 5.74) is 2.44. The van der Waals surface area contributed by atoms with Gasteiger partial charge in [0.05, 0.1) is 0 Å². The Morgan fingerprint density at radius 2 is 1.41 bits per heavy atom. The van der Waals surface area contributed by atoms with Crippen LogP contribution in [0.5, 0.6) is 23.0 Å². The van der Waals surface area contributed by atoms with Gasteiger partial charge in [-0.25, -0.2) is 0 Å². The van der Waals surface area contributed by atoms with Gasteiger partial charge in [-0.2, -0.15) is 0 Å². The Labute approximate surface area is 166 Å². The minimum atomic E-state index is -0.323. The highest BCUT2D eigenvalue weighted by Crippen LogP contribution is 2.35. The first-order chi connectivity index (χ1) is 14.2. The summed E-state index contributed by atoms with van der Waals surface area (Å²) in [4.78, 5) is 16.8. The molecule has 2 aliphatic rings. The lowest BCUT2D eigenvalue weighted by Gasteiger charge is -2.19. The molecule has 5 rings (SSSR count). The zero-order valence-corrected chi connectivity index (χ0v) is 15.3. The van der Waals surface area contributed by atoms with Gasteiger partial charge in [-0.15, -0.1) is 0 Å². The molecule has 0 unspecified atom stereocenters. The molecule has 0 fully saturated rings. The van der Waals surface area contributed by atoms with Crippen LogP contribution in [0, 0.1) is 0 Å². The zero-order valence-electron chi connectivity index (χ0n) is 15.3. The average Bonchev–Trinajstić information content (AvgIpc) is 3.22. The van der Waals surface area contributed by atoms with Gasteiger partial charge in [0.1, 0.15) is 18.9 Å². The lowest BCUT2D eigenvalue weighted by molar-refractivity contribution is 0.102. The number of hydrogen-bond donors (Lipinski definition) is 2. The lowest BCUT2D eigenvalue weighted by Crippen LogP contribution is -2.17. The number of nitrogens with zero attached hydrogens (tertiary/aromatic N) is 1.